The molecule has 1 aromatic carbocycles. The van der Waals surface area contributed by atoms with E-state index in [9.17, 15) is 9.18 Å². The van der Waals surface area contributed by atoms with Crippen LogP contribution < -0.4 is 10.5 Å². The summed E-state index contributed by atoms with van der Waals surface area (Å²) in [5.74, 6) is -1.07. The van der Waals surface area contributed by atoms with E-state index in [1.54, 1.807) is 6.92 Å². The van der Waals surface area contributed by atoms with Gasteiger partial charge in [-0.05, 0) is 19.1 Å². The number of nitrogens with zero attached hydrogens (tertiary/aromatic N) is 2. The average Bonchev–Trinajstić information content (AvgIpc) is 2.41. The van der Waals surface area contributed by atoms with Gasteiger partial charge in [0.05, 0.1) is 12.8 Å². The van der Waals surface area contributed by atoms with Crippen molar-refractivity contribution in [1.29, 1.82) is 0 Å². The molecule has 0 spiro atoms. The standard InChI is InChI=1S/C13H12FN3O3/c1-7-5-11(17-12(16-7)13(18)19-2)20-8-3-4-10(15)9(14)6-8/h3-6H,15H2,1-2H3. The lowest BCUT2D eigenvalue weighted by Crippen LogP contribution is -2.09. The molecule has 1 heterocycles. The Labute approximate surface area is 114 Å². The van der Waals surface area contributed by atoms with Crippen LogP contribution in [0.4, 0.5) is 10.1 Å². The maximum atomic E-state index is 13.3. The topological polar surface area (TPSA) is 87.3 Å². The van der Waals surface area contributed by atoms with E-state index < -0.39 is 11.8 Å². The number of rotatable bonds is 3. The van der Waals surface area contributed by atoms with Gasteiger partial charge in [-0.1, -0.05) is 0 Å². The van der Waals surface area contributed by atoms with Crippen LogP contribution in [0.2, 0.25) is 0 Å². The first-order chi connectivity index (χ1) is 9.49. The molecule has 0 radical (unpaired) electrons. The molecule has 20 heavy (non-hydrogen) atoms. The number of esters is 1. The van der Waals surface area contributed by atoms with Crippen molar-refractivity contribution in [2.45, 2.75) is 6.92 Å². The summed E-state index contributed by atoms with van der Waals surface area (Å²) in [6.07, 6.45) is 0. The van der Waals surface area contributed by atoms with E-state index in [4.69, 9.17) is 10.5 Å². The van der Waals surface area contributed by atoms with E-state index in [1.165, 1.54) is 25.3 Å². The van der Waals surface area contributed by atoms with E-state index in [2.05, 4.69) is 14.7 Å². The highest BCUT2D eigenvalue weighted by Gasteiger charge is 2.13. The Balaban J connectivity index is 2.31. The number of aryl methyl sites for hydroxylation is 1. The smallest absolute Gasteiger partial charge is 0.376 e. The highest BCUT2D eigenvalue weighted by Crippen LogP contribution is 2.23. The summed E-state index contributed by atoms with van der Waals surface area (Å²) in [5, 5.41) is 0. The number of halogens is 1. The van der Waals surface area contributed by atoms with Gasteiger partial charge in [0.15, 0.2) is 0 Å². The maximum Gasteiger partial charge on any atom is 0.376 e. The molecule has 0 saturated carbocycles. The Morgan fingerprint density at radius 1 is 1.30 bits per heavy atom. The monoisotopic (exact) mass is 277 g/mol. The van der Waals surface area contributed by atoms with Gasteiger partial charge in [0.1, 0.15) is 11.6 Å². The molecule has 2 rings (SSSR count). The van der Waals surface area contributed by atoms with Crippen molar-refractivity contribution < 1.29 is 18.7 Å². The van der Waals surface area contributed by atoms with Gasteiger partial charge in [-0.25, -0.2) is 14.2 Å². The fourth-order valence-corrected chi connectivity index (χ4v) is 1.47. The van der Waals surface area contributed by atoms with Gasteiger partial charge < -0.3 is 15.2 Å². The Kier molecular flexibility index (Phi) is 3.79. The van der Waals surface area contributed by atoms with Gasteiger partial charge >= 0.3 is 5.97 Å². The molecule has 2 aromatic rings. The van der Waals surface area contributed by atoms with E-state index in [0.29, 0.717) is 5.69 Å². The zero-order valence-electron chi connectivity index (χ0n) is 10.9. The lowest BCUT2D eigenvalue weighted by molar-refractivity contribution is 0.0585. The maximum absolute atomic E-state index is 13.3. The van der Waals surface area contributed by atoms with Gasteiger partial charge in [-0.15, -0.1) is 0 Å². The summed E-state index contributed by atoms with van der Waals surface area (Å²) in [5.41, 5.74) is 5.91. The summed E-state index contributed by atoms with van der Waals surface area (Å²) >= 11 is 0. The summed E-state index contributed by atoms with van der Waals surface area (Å²) in [6.45, 7) is 1.67. The van der Waals surface area contributed by atoms with Gasteiger partial charge in [0.25, 0.3) is 0 Å². The number of benzene rings is 1. The molecule has 0 unspecified atom stereocenters. The van der Waals surface area contributed by atoms with Gasteiger partial charge in [0, 0.05) is 17.8 Å². The van der Waals surface area contributed by atoms with Crippen LogP contribution in [0, 0.1) is 12.7 Å². The molecule has 0 fully saturated rings. The highest BCUT2D eigenvalue weighted by molar-refractivity contribution is 5.85. The van der Waals surface area contributed by atoms with Crippen molar-refractivity contribution in [3.8, 4) is 11.6 Å². The second-order valence-corrected chi connectivity index (χ2v) is 3.95. The van der Waals surface area contributed by atoms with Crippen LogP contribution >= 0.6 is 0 Å². The number of hydrogen-bond acceptors (Lipinski definition) is 6. The van der Waals surface area contributed by atoms with Crippen molar-refractivity contribution in [2.24, 2.45) is 0 Å². The molecule has 0 saturated heterocycles. The number of carbonyl (C=O) groups excluding carboxylic acids is 1. The molecule has 0 amide bonds. The molecule has 1 aromatic heterocycles. The van der Waals surface area contributed by atoms with Crippen molar-refractivity contribution in [3.05, 3.63) is 41.6 Å². The quantitative estimate of drug-likeness (QED) is 0.682. The third-order valence-electron chi connectivity index (χ3n) is 2.39. The van der Waals surface area contributed by atoms with E-state index in [-0.39, 0.29) is 23.1 Å². The van der Waals surface area contributed by atoms with Gasteiger partial charge in [-0.3, -0.25) is 0 Å². The first-order valence-electron chi connectivity index (χ1n) is 5.66. The molecule has 7 heteroatoms. The van der Waals surface area contributed by atoms with Crippen molar-refractivity contribution in [3.63, 3.8) is 0 Å². The number of nitrogen functional groups attached to an aromatic ring is 1. The second-order valence-electron chi connectivity index (χ2n) is 3.95. The first kappa shape index (κ1) is 13.7. The summed E-state index contributed by atoms with van der Waals surface area (Å²) < 4.78 is 23.2. The molecule has 0 atom stereocenters. The molecular formula is C13H12FN3O3. The number of ether oxygens (including phenoxy) is 2. The largest absolute Gasteiger partial charge is 0.463 e. The van der Waals surface area contributed by atoms with Crippen LogP contribution in [0.15, 0.2) is 24.3 Å². The summed E-state index contributed by atoms with van der Waals surface area (Å²) in [6, 6.07) is 5.51. The number of nitrogens with two attached hydrogens (primary N) is 1. The second kappa shape index (κ2) is 5.52. The average molecular weight is 277 g/mol. The van der Waals surface area contributed by atoms with E-state index in [1.807, 2.05) is 0 Å². The van der Waals surface area contributed by atoms with Gasteiger partial charge in [0.2, 0.25) is 11.7 Å². The number of anilines is 1. The third-order valence-corrected chi connectivity index (χ3v) is 2.39. The van der Waals surface area contributed by atoms with Crippen LogP contribution in [0.3, 0.4) is 0 Å². The highest BCUT2D eigenvalue weighted by atomic mass is 19.1. The number of hydrogen-bond donors (Lipinski definition) is 1. The van der Waals surface area contributed by atoms with Crippen LogP contribution in [-0.4, -0.2) is 23.0 Å². The van der Waals surface area contributed by atoms with Crippen molar-refractivity contribution >= 4 is 11.7 Å². The number of carbonyl (C=O) groups is 1. The molecule has 0 aliphatic rings. The zero-order valence-corrected chi connectivity index (χ0v) is 10.9. The Morgan fingerprint density at radius 2 is 2.05 bits per heavy atom. The third kappa shape index (κ3) is 3.00. The van der Waals surface area contributed by atoms with Crippen molar-refractivity contribution in [1.82, 2.24) is 9.97 Å². The fourth-order valence-electron chi connectivity index (χ4n) is 1.47. The molecule has 2 N–H and O–H groups in total. The number of aromatic nitrogens is 2. The fraction of sp³-hybridized carbons (Fsp3) is 0.154. The Bertz CT molecular complexity index is 661. The first-order valence-corrected chi connectivity index (χ1v) is 5.66. The number of methoxy groups -OCH3 is 1. The van der Waals surface area contributed by atoms with Crippen LogP contribution in [-0.2, 0) is 4.74 Å². The Hall–Kier alpha value is -2.70. The normalized spacial score (nSPS) is 10.2. The molecule has 0 bridgehead atoms. The SMILES string of the molecule is COC(=O)c1nc(C)cc(Oc2ccc(N)c(F)c2)n1. The molecule has 6 nitrogen and oxygen atoms in total. The minimum absolute atomic E-state index is 0.0199. The lowest BCUT2D eigenvalue weighted by atomic mass is 10.3. The van der Waals surface area contributed by atoms with Crippen molar-refractivity contribution in [2.75, 3.05) is 12.8 Å². The summed E-state index contributed by atoms with van der Waals surface area (Å²) in [4.78, 5) is 19.2. The minimum atomic E-state index is -0.679. The minimum Gasteiger partial charge on any atom is -0.463 e. The van der Waals surface area contributed by atoms with E-state index >= 15 is 0 Å². The predicted octanol–water partition coefficient (Wildman–Crippen LogP) is 2.09. The lowest BCUT2D eigenvalue weighted by Gasteiger charge is -2.07. The van der Waals surface area contributed by atoms with Crippen LogP contribution in [0.1, 0.15) is 16.3 Å². The molecule has 0 aliphatic heterocycles. The predicted molar refractivity (Wildman–Crippen MR) is 69.0 cm³/mol. The molecule has 104 valence electrons. The Morgan fingerprint density at radius 3 is 2.70 bits per heavy atom. The van der Waals surface area contributed by atoms with Crippen LogP contribution in [0.25, 0.3) is 0 Å². The molecule has 0 aliphatic carbocycles. The molecular weight excluding hydrogens is 265 g/mol. The van der Waals surface area contributed by atoms with Crippen LogP contribution in [0.5, 0.6) is 11.6 Å². The zero-order chi connectivity index (χ0) is 14.7. The van der Waals surface area contributed by atoms with E-state index in [0.717, 1.165) is 6.07 Å². The van der Waals surface area contributed by atoms with Gasteiger partial charge in [-0.2, -0.15) is 4.98 Å². The summed E-state index contributed by atoms with van der Waals surface area (Å²) in [7, 11) is 1.23.